The van der Waals surface area contributed by atoms with E-state index in [1.165, 1.54) is 29.2 Å². The molecule has 1 heterocycles. The molecule has 38 heavy (non-hydrogen) atoms. The first-order chi connectivity index (χ1) is 18.0. The summed E-state index contributed by atoms with van der Waals surface area (Å²) in [5, 5.41) is 14.2. The topological polar surface area (TPSA) is 79.6 Å². The van der Waals surface area contributed by atoms with Gasteiger partial charge in [0.1, 0.15) is 5.75 Å². The number of imidazole rings is 1. The van der Waals surface area contributed by atoms with Crippen LogP contribution in [0.5, 0.6) is 5.75 Å². The molecule has 1 fully saturated rings. The number of hydrogen-bond acceptors (Lipinski definition) is 4. The van der Waals surface area contributed by atoms with Gasteiger partial charge >= 0.3 is 12.5 Å². The molecule has 1 aliphatic carbocycles. The zero-order valence-electron chi connectivity index (χ0n) is 20.7. The monoisotopic (exact) mass is 572 g/mol. The molecule has 1 aliphatic rings. The minimum absolute atomic E-state index is 0.263. The van der Waals surface area contributed by atoms with Crippen LogP contribution in [0.25, 0.3) is 11.0 Å². The number of halogens is 5. The Morgan fingerprint density at radius 3 is 2.50 bits per heavy atom. The Hall–Kier alpha value is -2.85. The fourth-order valence-corrected chi connectivity index (χ4v) is 5.49. The van der Waals surface area contributed by atoms with Crippen molar-refractivity contribution in [1.82, 2.24) is 14.5 Å². The van der Waals surface area contributed by atoms with Crippen molar-refractivity contribution < 1.29 is 27.8 Å². The van der Waals surface area contributed by atoms with E-state index in [1.807, 2.05) is 11.5 Å². The fourth-order valence-electron chi connectivity index (χ4n) is 5.18. The lowest BCUT2D eigenvalue weighted by Gasteiger charge is -2.36. The molecule has 1 aromatic heterocycles. The predicted octanol–water partition coefficient (Wildman–Crippen LogP) is 7.67. The summed E-state index contributed by atoms with van der Waals surface area (Å²) >= 11 is 12.4. The number of amides is 1. The van der Waals surface area contributed by atoms with Gasteiger partial charge in [-0.1, -0.05) is 48.9 Å². The fraction of sp³-hybridized carbons (Fsp3) is 0.462. The van der Waals surface area contributed by atoms with Crippen LogP contribution >= 0.6 is 23.2 Å². The van der Waals surface area contributed by atoms with Gasteiger partial charge in [-0.15, -0.1) is 13.2 Å². The summed E-state index contributed by atoms with van der Waals surface area (Å²) in [5.41, 5.74) is 2.00. The summed E-state index contributed by atoms with van der Waals surface area (Å²) in [6.07, 6.45) is 0.979. The maximum Gasteiger partial charge on any atom is 0.573 e. The van der Waals surface area contributed by atoms with Gasteiger partial charge in [0, 0.05) is 24.8 Å². The molecule has 0 bridgehead atoms. The molecule has 0 saturated heterocycles. The maximum absolute atomic E-state index is 12.5. The summed E-state index contributed by atoms with van der Waals surface area (Å²) in [6, 6.07) is 8.00. The number of hydrogen-bond donors (Lipinski definition) is 2. The van der Waals surface area contributed by atoms with Crippen molar-refractivity contribution in [2.45, 2.75) is 64.0 Å². The molecule has 2 atom stereocenters. The van der Waals surface area contributed by atoms with Gasteiger partial charge in [0.25, 0.3) is 0 Å². The third-order valence-corrected chi connectivity index (χ3v) is 7.65. The van der Waals surface area contributed by atoms with Crippen LogP contribution in [-0.2, 0) is 6.54 Å². The van der Waals surface area contributed by atoms with Gasteiger partial charge in [-0.25, -0.2) is 9.78 Å². The van der Waals surface area contributed by atoms with E-state index in [0.29, 0.717) is 40.1 Å². The summed E-state index contributed by atoms with van der Waals surface area (Å²) in [5.74, 6) is 0.102. The molecule has 2 unspecified atom stereocenters. The molecular formula is C26H29Cl2F3N4O3. The highest BCUT2D eigenvalue weighted by Crippen LogP contribution is 2.32. The highest BCUT2D eigenvalue weighted by atomic mass is 35.5. The van der Waals surface area contributed by atoms with Gasteiger partial charge in [-0.2, -0.15) is 0 Å². The van der Waals surface area contributed by atoms with E-state index >= 15 is 0 Å². The van der Waals surface area contributed by atoms with Crippen LogP contribution in [0.1, 0.15) is 39.0 Å². The van der Waals surface area contributed by atoms with E-state index < -0.39 is 18.5 Å². The molecule has 12 heteroatoms. The first kappa shape index (κ1) is 28.2. The van der Waals surface area contributed by atoms with Gasteiger partial charge in [0.05, 0.1) is 33.4 Å². The van der Waals surface area contributed by atoms with Gasteiger partial charge in [-0.05, 0) is 55.7 Å². The molecule has 0 spiro atoms. The first-order valence-electron chi connectivity index (χ1n) is 12.4. The Morgan fingerprint density at radius 2 is 1.87 bits per heavy atom. The highest BCUT2D eigenvalue weighted by Gasteiger charge is 2.32. The predicted molar refractivity (Wildman–Crippen MR) is 141 cm³/mol. The molecule has 3 aromatic rings. The molecule has 2 N–H and O–H groups in total. The standard InChI is InChI=1S/C26H29Cl2F3N4O3/c1-16(13-32-18-6-8-20(9-7-18)38-26(29,30)31)35(25(36)37)19(10-17-4-2-3-5-17)14-34-15-33-23-11-21(27)22(28)12-24(23)34/h6-9,11-12,15-17,19,32H,2-5,10,13-14H2,1H3,(H,36,37). The molecule has 0 aliphatic heterocycles. The maximum atomic E-state index is 12.5. The molecule has 206 valence electrons. The van der Waals surface area contributed by atoms with E-state index in [1.54, 1.807) is 18.5 Å². The Labute approximate surface area is 228 Å². The summed E-state index contributed by atoms with van der Waals surface area (Å²) in [6.45, 7) is 2.47. The number of anilines is 1. The van der Waals surface area contributed by atoms with Crippen molar-refractivity contribution in [3.05, 3.63) is 52.8 Å². The first-order valence-corrected chi connectivity index (χ1v) is 13.2. The smallest absolute Gasteiger partial charge is 0.465 e. The molecular weight excluding hydrogens is 544 g/mol. The molecule has 4 rings (SSSR count). The van der Waals surface area contributed by atoms with Crippen molar-refractivity contribution in [1.29, 1.82) is 0 Å². The molecule has 1 amide bonds. The lowest BCUT2D eigenvalue weighted by atomic mass is 9.96. The zero-order valence-corrected chi connectivity index (χ0v) is 22.2. The second-order valence-corrected chi connectivity index (χ2v) is 10.5. The van der Waals surface area contributed by atoms with Crippen LogP contribution < -0.4 is 10.1 Å². The molecule has 1 saturated carbocycles. The lowest BCUT2D eigenvalue weighted by molar-refractivity contribution is -0.274. The number of carbonyl (C=O) groups is 1. The van der Waals surface area contributed by atoms with Crippen molar-refractivity contribution in [3.63, 3.8) is 0 Å². The van der Waals surface area contributed by atoms with Crippen LogP contribution in [0.15, 0.2) is 42.7 Å². The SMILES string of the molecule is CC(CNc1ccc(OC(F)(F)F)cc1)N(C(=O)O)C(CC1CCCC1)Cn1cnc2cc(Cl)c(Cl)cc21. The Balaban J connectivity index is 1.51. The summed E-state index contributed by atoms with van der Waals surface area (Å²) in [4.78, 5) is 18.4. The highest BCUT2D eigenvalue weighted by molar-refractivity contribution is 6.42. The summed E-state index contributed by atoms with van der Waals surface area (Å²) < 4.78 is 43.1. The number of benzene rings is 2. The number of rotatable bonds is 10. The second-order valence-electron chi connectivity index (χ2n) is 9.68. The van der Waals surface area contributed by atoms with Crippen molar-refractivity contribution in [3.8, 4) is 5.75 Å². The van der Waals surface area contributed by atoms with Gasteiger partial charge < -0.3 is 19.7 Å². The Bertz CT molecular complexity index is 1250. The van der Waals surface area contributed by atoms with Gasteiger partial charge in [0.15, 0.2) is 0 Å². The molecule has 7 nitrogen and oxygen atoms in total. The number of carboxylic acid groups (broad SMARTS) is 1. The summed E-state index contributed by atoms with van der Waals surface area (Å²) in [7, 11) is 0. The minimum Gasteiger partial charge on any atom is -0.465 e. The molecule has 0 radical (unpaired) electrons. The Morgan fingerprint density at radius 1 is 1.21 bits per heavy atom. The number of aromatic nitrogens is 2. The van der Waals surface area contributed by atoms with Crippen LogP contribution in [0, 0.1) is 5.92 Å². The number of alkyl halides is 3. The van der Waals surface area contributed by atoms with Crippen LogP contribution in [0.3, 0.4) is 0 Å². The van der Waals surface area contributed by atoms with E-state index in [2.05, 4.69) is 15.0 Å². The number of ether oxygens (including phenoxy) is 1. The van der Waals surface area contributed by atoms with E-state index in [4.69, 9.17) is 23.2 Å². The molecule has 2 aromatic carbocycles. The normalized spacial score (nSPS) is 15.9. The van der Waals surface area contributed by atoms with Crippen LogP contribution in [0.2, 0.25) is 10.0 Å². The van der Waals surface area contributed by atoms with Crippen LogP contribution in [-0.4, -0.2) is 50.6 Å². The largest absolute Gasteiger partial charge is 0.573 e. The van der Waals surface area contributed by atoms with Crippen molar-refractivity contribution >= 4 is 46.0 Å². The van der Waals surface area contributed by atoms with Crippen molar-refractivity contribution in [2.24, 2.45) is 5.92 Å². The number of nitrogens with zero attached hydrogens (tertiary/aromatic N) is 3. The van der Waals surface area contributed by atoms with E-state index in [0.717, 1.165) is 31.2 Å². The van der Waals surface area contributed by atoms with E-state index in [-0.39, 0.29) is 18.3 Å². The number of nitrogens with one attached hydrogen (secondary N) is 1. The average molecular weight is 573 g/mol. The van der Waals surface area contributed by atoms with Crippen molar-refractivity contribution in [2.75, 3.05) is 11.9 Å². The number of fused-ring (bicyclic) bond motifs is 1. The second kappa shape index (κ2) is 11.9. The third kappa shape index (κ3) is 7.17. The quantitative estimate of drug-likeness (QED) is 0.260. The third-order valence-electron chi connectivity index (χ3n) is 6.93. The lowest BCUT2D eigenvalue weighted by Crippen LogP contribution is -2.50. The zero-order chi connectivity index (χ0) is 27.4. The van der Waals surface area contributed by atoms with Crippen LogP contribution in [0.4, 0.5) is 23.7 Å². The van der Waals surface area contributed by atoms with Gasteiger partial charge in [0.2, 0.25) is 0 Å². The minimum atomic E-state index is -4.77. The van der Waals surface area contributed by atoms with Gasteiger partial charge in [-0.3, -0.25) is 4.90 Å². The van der Waals surface area contributed by atoms with E-state index in [9.17, 15) is 23.1 Å². The average Bonchev–Trinajstić information content (AvgIpc) is 3.48. The Kier molecular flexibility index (Phi) is 8.82.